The maximum Gasteiger partial charge on any atom is 0.249 e. The second-order valence-electron chi connectivity index (χ2n) is 14.9. The second kappa shape index (κ2) is 38.9. The van der Waals surface area contributed by atoms with Crippen molar-refractivity contribution in [3.05, 3.63) is 12.2 Å². The summed E-state index contributed by atoms with van der Waals surface area (Å²) in [7, 11) is 0. The minimum absolute atomic E-state index is 0.312. The highest BCUT2D eigenvalue weighted by Gasteiger charge is 2.23. The number of carbonyl (C=O) groups is 1. The molecular weight excluding hydrogens is 594 g/mol. The standard InChI is InChI=1S/C43H85NO4/c1-3-5-7-9-11-13-15-16-17-18-19-20-21-22-23-24-25-26-27-28-30-32-34-36-38-42(47)43(48)44-40(39-45)41(46)37-35-33-31-29-14-12-10-8-6-4-2/h22-23,40-42,45-47H,3-21,24-39H2,1-2H3,(H,44,48)/b23-22-. The Balaban J connectivity index is 3.56. The van der Waals surface area contributed by atoms with Gasteiger partial charge in [0.15, 0.2) is 0 Å². The summed E-state index contributed by atoms with van der Waals surface area (Å²) in [4.78, 5) is 12.4. The van der Waals surface area contributed by atoms with E-state index in [0.29, 0.717) is 12.8 Å². The topological polar surface area (TPSA) is 89.8 Å². The zero-order valence-electron chi connectivity index (χ0n) is 32.4. The first kappa shape index (κ1) is 47.1. The minimum Gasteiger partial charge on any atom is -0.394 e. The molecule has 0 saturated carbocycles. The van der Waals surface area contributed by atoms with Crippen molar-refractivity contribution in [1.29, 1.82) is 0 Å². The van der Waals surface area contributed by atoms with Gasteiger partial charge >= 0.3 is 0 Å². The molecule has 0 aromatic heterocycles. The lowest BCUT2D eigenvalue weighted by molar-refractivity contribution is -0.131. The molecule has 0 bridgehead atoms. The van der Waals surface area contributed by atoms with E-state index in [9.17, 15) is 20.1 Å². The van der Waals surface area contributed by atoms with Crippen molar-refractivity contribution < 1.29 is 20.1 Å². The van der Waals surface area contributed by atoms with E-state index in [1.165, 1.54) is 173 Å². The van der Waals surface area contributed by atoms with Gasteiger partial charge in [-0.2, -0.15) is 0 Å². The molecule has 0 aliphatic rings. The van der Waals surface area contributed by atoms with Crippen molar-refractivity contribution >= 4 is 5.91 Å². The molecule has 0 aliphatic carbocycles. The molecule has 5 nitrogen and oxygen atoms in total. The first-order chi connectivity index (χ1) is 23.6. The van der Waals surface area contributed by atoms with Crippen molar-refractivity contribution in [3.8, 4) is 0 Å². The van der Waals surface area contributed by atoms with Gasteiger partial charge in [-0.15, -0.1) is 0 Å². The first-order valence-electron chi connectivity index (χ1n) is 21.5. The number of amides is 1. The molecule has 0 saturated heterocycles. The van der Waals surface area contributed by atoms with Crippen LogP contribution in [0.2, 0.25) is 0 Å². The zero-order chi connectivity index (χ0) is 35.2. The largest absolute Gasteiger partial charge is 0.394 e. The average Bonchev–Trinajstić information content (AvgIpc) is 3.09. The van der Waals surface area contributed by atoms with Crippen LogP contribution in [0, 0.1) is 0 Å². The van der Waals surface area contributed by atoms with Gasteiger partial charge < -0.3 is 20.6 Å². The molecule has 0 heterocycles. The van der Waals surface area contributed by atoms with Crippen LogP contribution in [0.1, 0.15) is 232 Å². The summed E-state index contributed by atoms with van der Waals surface area (Å²) < 4.78 is 0. The minimum atomic E-state index is -1.07. The highest BCUT2D eigenvalue weighted by molar-refractivity contribution is 5.80. The Labute approximate surface area is 299 Å². The van der Waals surface area contributed by atoms with E-state index in [-0.39, 0.29) is 6.61 Å². The van der Waals surface area contributed by atoms with Gasteiger partial charge in [-0.05, 0) is 38.5 Å². The molecule has 0 aliphatic heterocycles. The Hall–Kier alpha value is -0.910. The molecule has 0 radical (unpaired) electrons. The summed E-state index contributed by atoms with van der Waals surface area (Å²) >= 11 is 0. The summed E-state index contributed by atoms with van der Waals surface area (Å²) in [6.07, 6.45) is 45.0. The molecule has 4 N–H and O–H groups in total. The fourth-order valence-corrected chi connectivity index (χ4v) is 6.72. The van der Waals surface area contributed by atoms with Gasteiger partial charge in [0.1, 0.15) is 6.10 Å². The molecule has 286 valence electrons. The molecule has 0 fully saturated rings. The highest BCUT2D eigenvalue weighted by atomic mass is 16.3. The predicted octanol–water partition coefficient (Wildman–Crippen LogP) is 12.0. The quantitative estimate of drug-likeness (QED) is 0.0384. The van der Waals surface area contributed by atoms with Crippen molar-refractivity contribution in [2.24, 2.45) is 0 Å². The van der Waals surface area contributed by atoms with Gasteiger partial charge in [0.05, 0.1) is 18.8 Å². The summed E-state index contributed by atoms with van der Waals surface area (Å²) in [5.41, 5.74) is 0. The number of hydrogen-bond acceptors (Lipinski definition) is 4. The Bertz CT molecular complexity index is 669. The third-order valence-electron chi connectivity index (χ3n) is 10.1. The van der Waals surface area contributed by atoms with Gasteiger partial charge in [-0.1, -0.05) is 206 Å². The van der Waals surface area contributed by atoms with Gasteiger partial charge in [-0.3, -0.25) is 4.79 Å². The van der Waals surface area contributed by atoms with E-state index in [1.54, 1.807) is 0 Å². The summed E-state index contributed by atoms with van der Waals surface area (Å²) in [5, 5.41) is 33.2. The van der Waals surface area contributed by atoms with Crippen LogP contribution in [0.15, 0.2) is 12.2 Å². The highest BCUT2D eigenvalue weighted by Crippen LogP contribution is 2.16. The van der Waals surface area contributed by atoms with E-state index >= 15 is 0 Å². The molecule has 0 spiro atoms. The van der Waals surface area contributed by atoms with Gasteiger partial charge in [0, 0.05) is 0 Å². The smallest absolute Gasteiger partial charge is 0.249 e. The lowest BCUT2D eigenvalue weighted by atomic mass is 10.0. The number of allylic oxidation sites excluding steroid dienone is 2. The monoisotopic (exact) mass is 680 g/mol. The summed E-state index contributed by atoms with van der Waals surface area (Å²) in [5.74, 6) is -0.473. The van der Waals surface area contributed by atoms with Crippen LogP contribution in [0.25, 0.3) is 0 Å². The molecule has 48 heavy (non-hydrogen) atoms. The van der Waals surface area contributed by atoms with Crippen LogP contribution in [0.4, 0.5) is 0 Å². The Morgan fingerprint density at radius 1 is 0.479 bits per heavy atom. The Morgan fingerprint density at radius 2 is 0.792 bits per heavy atom. The third-order valence-corrected chi connectivity index (χ3v) is 10.1. The van der Waals surface area contributed by atoms with Crippen molar-refractivity contribution in [1.82, 2.24) is 5.32 Å². The molecule has 0 aromatic rings. The van der Waals surface area contributed by atoms with Crippen molar-refractivity contribution in [3.63, 3.8) is 0 Å². The van der Waals surface area contributed by atoms with Gasteiger partial charge in [0.2, 0.25) is 5.91 Å². The van der Waals surface area contributed by atoms with Crippen LogP contribution in [-0.4, -0.2) is 46.1 Å². The lowest BCUT2D eigenvalue weighted by Crippen LogP contribution is -2.49. The predicted molar refractivity (Wildman–Crippen MR) is 208 cm³/mol. The average molecular weight is 680 g/mol. The van der Waals surface area contributed by atoms with Crippen LogP contribution in [0.5, 0.6) is 0 Å². The fourth-order valence-electron chi connectivity index (χ4n) is 6.72. The van der Waals surface area contributed by atoms with E-state index in [1.807, 2.05) is 0 Å². The van der Waals surface area contributed by atoms with E-state index in [4.69, 9.17) is 0 Å². The van der Waals surface area contributed by atoms with E-state index < -0.39 is 24.2 Å². The fraction of sp³-hybridized carbons (Fsp3) is 0.930. The Kier molecular flexibility index (Phi) is 38.1. The third kappa shape index (κ3) is 33.6. The van der Waals surface area contributed by atoms with Crippen LogP contribution >= 0.6 is 0 Å². The van der Waals surface area contributed by atoms with Crippen molar-refractivity contribution in [2.45, 2.75) is 250 Å². The van der Waals surface area contributed by atoms with Gasteiger partial charge in [-0.25, -0.2) is 0 Å². The van der Waals surface area contributed by atoms with Crippen LogP contribution in [-0.2, 0) is 4.79 Å². The zero-order valence-corrected chi connectivity index (χ0v) is 32.4. The summed E-state index contributed by atoms with van der Waals surface area (Å²) in [6, 6.07) is -0.708. The summed E-state index contributed by atoms with van der Waals surface area (Å²) in [6.45, 7) is 4.22. The molecular formula is C43H85NO4. The molecule has 5 heteroatoms. The normalized spacial score (nSPS) is 13.7. The van der Waals surface area contributed by atoms with Crippen LogP contribution in [0.3, 0.4) is 0 Å². The number of nitrogens with one attached hydrogen (secondary N) is 1. The second-order valence-corrected chi connectivity index (χ2v) is 14.9. The molecule has 1 amide bonds. The van der Waals surface area contributed by atoms with E-state index in [2.05, 4.69) is 31.3 Å². The molecule has 3 atom stereocenters. The number of carbonyl (C=O) groups excluding carboxylic acids is 1. The SMILES string of the molecule is CCCCCCCCCCCCCC/C=C\CCCCCCCCCCC(O)C(=O)NC(CO)C(O)CCCCCCCCCCCC. The van der Waals surface area contributed by atoms with Gasteiger partial charge in [0.25, 0.3) is 0 Å². The Morgan fingerprint density at radius 3 is 1.15 bits per heavy atom. The number of aliphatic hydroxyl groups is 3. The molecule has 0 aromatic carbocycles. The van der Waals surface area contributed by atoms with E-state index in [0.717, 1.165) is 32.1 Å². The van der Waals surface area contributed by atoms with Crippen LogP contribution < -0.4 is 5.32 Å². The number of aliphatic hydroxyl groups excluding tert-OH is 3. The number of unbranched alkanes of at least 4 members (excludes halogenated alkanes) is 29. The molecule has 0 rings (SSSR count). The number of hydrogen-bond donors (Lipinski definition) is 4. The first-order valence-corrected chi connectivity index (χ1v) is 21.5. The maximum atomic E-state index is 12.4. The molecule has 3 unspecified atom stereocenters. The maximum absolute atomic E-state index is 12.4. The van der Waals surface area contributed by atoms with Crippen molar-refractivity contribution in [2.75, 3.05) is 6.61 Å². The lowest BCUT2D eigenvalue weighted by Gasteiger charge is -2.23. The number of rotatable bonds is 39.